The molecule has 22 heavy (non-hydrogen) atoms. The van der Waals surface area contributed by atoms with Crippen LogP contribution in [-0.2, 0) is 16.8 Å². The lowest BCUT2D eigenvalue weighted by Gasteiger charge is -2.16. The van der Waals surface area contributed by atoms with E-state index in [0.29, 0.717) is 5.02 Å². The van der Waals surface area contributed by atoms with Gasteiger partial charge in [0.1, 0.15) is 0 Å². The molecule has 0 radical (unpaired) electrons. The van der Waals surface area contributed by atoms with E-state index in [1.165, 1.54) is 0 Å². The van der Waals surface area contributed by atoms with Crippen LogP contribution >= 0.6 is 11.6 Å². The number of hydrogen-bond acceptors (Lipinski definition) is 2. The summed E-state index contributed by atoms with van der Waals surface area (Å²) in [4.78, 5) is 16.5. The molecular formula is C17H20ClN3O. The molecule has 1 N–H and O–H groups in total. The zero-order chi connectivity index (χ0) is 15.4. The monoisotopic (exact) mass is 317 g/mol. The van der Waals surface area contributed by atoms with Gasteiger partial charge in [0.25, 0.3) is 0 Å². The Morgan fingerprint density at radius 1 is 1.36 bits per heavy atom. The maximum atomic E-state index is 12.5. The lowest BCUT2D eigenvalue weighted by atomic mass is 9.95. The quantitative estimate of drug-likeness (QED) is 0.797. The van der Waals surface area contributed by atoms with E-state index in [1.54, 1.807) is 6.20 Å². The fraction of sp³-hybridized carbons (Fsp3) is 0.412. The van der Waals surface area contributed by atoms with Gasteiger partial charge in [0.05, 0.1) is 11.7 Å². The summed E-state index contributed by atoms with van der Waals surface area (Å²) in [6.07, 6.45) is 9.37. The Balaban J connectivity index is 1.46. The van der Waals surface area contributed by atoms with Crippen LogP contribution in [0.4, 0.5) is 0 Å². The number of halogens is 1. The van der Waals surface area contributed by atoms with Crippen molar-refractivity contribution in [3.8, 4) is 0 Å². The Morgan fingerprint density at radius 3 is 2.91 bits per heavy atom. The lowest BCUT2D eigenvalue weighted by Crippen LogP contribution is -2.35. The third-order valence-electron chi connectivity index (χ3n) is 4.25. The van der Waals surface area contributed by atoms with E-state index in [-0.39, 0.29) is 11.3 Å². The van der Waals surface area contributed by atoms with Crippen LogP contribution in [0, 0.1) is 0 Å². The van der Waals surface area contributed by atoms with Gasteiger partial charge < -0.3 is 9.88 Å². The number of aromatic nitrogens is 2. The molecule has 0 atom stereocenters. The first-order valence-corrected chi connectivity index (χ1v) is 8.09. The van der Waals surface area contributed by atoms with Crippen LogP contribution in [0.25, 0.3) is 0 Å². The van der Waals surface area contributed by atoms with Gasteiger partial charge in [-0.3, -0.25) is 4.79 Å². The highest BCUT2D eigenvalue weighted by Gasteiger charge is 2.51. The van der Waals surface area contributed by atoms with E-state index in [2.05, 4.69) is 14.9 Å². The van der Waals surface area contributed by atoms with Crippen molar-refractivity contribution in [1.82, 2.24) is 14.9 Å². The molecule has 0 spiro atoms. The third-order valence-corrected chi connectivity index (χ3v) is 4.48. The van der Waals surface area contributed by atoms with Crippen molar-refractivity contribution in [3.63, 3.8) is 0 Å². The molecule has 2 aromatic rings. The smallest absolute Gasteiger partial charge is 0.230 e. The third kappa shape index (κ3) is 3.33. The summed E-state index contributed by atoms with van der Waals surface area (Å²) < 4.78 is 2.05. The molecule has 1 amide bonds. The second kappa shape index (κ2) is 6.53. The summed E-state index contributed by atoms with van der Waals surface area (Å²) >= 11 is 6.04. The molecule has 1 heterocycles. The van der Waals surface area contributed by atoms with Crippen molar-refractivity contribution in [2.75, 3.05) is 6.54 Å². The number of aryl methyl sites for hydroxylation is 1. The van der Waals surface area contributed by atoms with E-state index in [0.717, 1.165) is 44.3 Å². The summed E-state index contributed by atoms with van der Waals surface area (Å²) in [5, 5.41) is 3.77. The highest BCUT2D eigenvalue weighted by Crippen LogP contribution is 2.48. The van der Waals surface area contributed by atoms with Crippen molar-refractivity contribution >= 4 is 17.5 Å². The molecule has 1 fully saturated rings. The first kappa shape index (κ1) is 15.1. The number of carbonyl (C=O) groups is 1. The number of unbranched alkanes of at least 4 members (excludes halogenated alkanes) is 1. The minimum atomic E-state index is -0.338. The van der Waals surface area contributed by atoms with Crippen LogP contribution in [0.15, 0.2) is 43.0 Å². The zero-order valence-electron chi connectivity index (χ0n) is 12.5. The first-order chi connectivity index (χ1) is 10.7. The number of imidazole rings is 1. The predicted molar refractivity (Wildman–Crippen MR) is 86.8 cm³/mol. The number of nitrogens with one attached hydrogen (secondary N) is 1. The topological polar surface area (TPSA) is 46.9 Å². The Morgan fingerprint density at radius 2 is 2.23 bits per heavy atom. The van der Waals surface area contributed by atoms with E-state index < -0.39 is 0 Å². The number of rotatable bonds is 7. The molecular weight excluding hydrogens is 298 g/mol. The minimum absolute atomic E-state index is 0.136. The van der Waals surface area contributed by atoms with Crippen LogP contribution in [-0.4, -0.2) is 22.0 Å². The largest absolute Gasteiger partial charge is 0.355 e. The molecule has 5 heteroatoms. The number of carbonyl (C=O) groups excluding carboxylic acids is 1. The van der Waals surface area contributed by atoms with Crippen molar-refractivity contribution < 1.29 is 4.79 Å². The molecule has 1 aromatic carbocycles. The average molecular weight is 318 g/mol. The van der Waals surface area contributed by atoms with Gasteiger partial charge in [0, 0.05) is 30.5 Å². The molecule has 116 valence electrons. The number of benzene rings is 1. The number of hydrogen-bond donors (Lipinski definition) is 1. The van der Waals surface area contributed by atoms with Crippen LogP contribution in [0.5, 0.6) is 0 Å². The van der Waals surface area contributed by atoms with Crippen molar-refractivity contribution in [2.24, 2.45) is 0 Å². The summed E-state index contributed by atoms with van der Waals surface area (Å²) in [7, 11) is 0. The fourth-order valence-electron chi connectivity index (χ4n) is 2.77. The van der Waals surface area contributed by atoms with Gasteiger partial charge in [-0.15, -0.1) is 0 Å². The van der Waals surface area contributed by atoms with E-state index in [4.69, 9.17) is 11.6 Å². The molecule has 1 aliphatic rings. The normalized spacial score (nSPS) is 15.5. The molecule has 4 nitrogen and oxygen atoms in total. The molecule has 1 saturated carbocycles. The van der Waals surface area contributed by atoms with Crippen LogP contribution in [0.1, 0.15) is 31.2 Å². The zero-order valence-corrected chi connectivity index (χ0v) is 13.2. The van der Waals surface area contributed by atoms with Gasteiger partial charge in [0.15, 0.2) is 0 Å². The summed E-state index contributed by atoms with van der Waals surface area (Å²) in [5.74, 6) is 0.136. The predicted octanol–water partition coefficient (Wildman–Crippen LogP) is 3.16. The number of nitrogens with zero attached hydrogens (tertiary/aromatic N) is 2. The van der Waals surface area contributed by atoms with Gasteiger partial charge in [-0.2, -0.15) is 0 Å². The summed E-state index contributed by atoms with van der Waals surface area (Å²) in [5.41, 5.74) is 0.700. The van der Waals surface area contributed by atoms with Crippen molar-refractivity contribution in [2.45, 2.75) is 37.6 Å². The van der Waals surface area contributed by atoms with Crippen LogP contribution < -0.4 is 5.32 Å². The molecule has 1 aliphatic carbocycles. The summed E-state index contributed by atoms with van der Waals surface area (Å²) in [6.45, 7) is 1.66. The van der Waals surface area contributed by atoms with Crippen LogP contribution in [0.3, 0.4) is 0 Å². The Bertz CT molecular complexity index is 635. The van der Waals surface area contributed by atoms with E-state index in [9.17, 15) is 4.79 Å². The SMILES string of the molecule is O=C(NCCCCn1ccnc1)C1(c2cccc(Cl)c2)CC1. The molecule has 0 bridgehead atoms. The average Bonchev–Trinajstić information content (AvgIpc) is 3.17. The Hall–Kier alpha value is -1.81. The second-order valence-electron chi connectivity index (χ2n) is 5.86. The van der Waals surface area contributed by atoms with Gasteiger partial charge >= 0.3 is 0 Å². The van der Waals surface area contributed by atoms with Gasteiger partial charge in [-0.25, -0.2) is 4.98 Å². The van der Waals surface area contributed by atoms with Crippen molar-refractivity contribution in [1.29, 1.82) is 0 Å². The van der Waals surface area contributed by atoms with Gasteiger partial charge in [0.2, 0.25) is 5.91 Å². The maximum absolute atomic E-state index is 12.5. The number of amides is 1. The highest BCUT2D eigenvalue weighted by atomic mass is 35.5. The minimum Gasteiger partial charge on any atom is -0.355 e. The van der Waals surface area contributed by atoms with E-state index >= 15 is 0 Å². The molecule has 0 unspecified atom stereocenters. The van der Waals surface area contributed by atoms with Crippen molar-refractivity contribution in [3.05, 3.63) is 53.6 Å². The fourth-order valence-corrected chi connectivity index (χ4v) is 2.96. The Kier molecular flexibility index (Phi) is 4.48. The second-order valence-corrected chi connectivity index (χ2v) is 6.29. The Labute approximate surface area is 135 Å². The first-order valence-electron chi connectivity index (χ1n) is 7.71. The molecule has 0 saturated heterocycles. The van der Waals surface area contributed by atoms with Crippen LogP contribution in [0.2, 0.25) is 5.02 Å². The highest BCUT2D eigenvalue weighted by molar-refractivity contribution is 6.30. The molecule has 1 aromatic heterocycles. The van der Waals surface area contributed by atoms with Gasteiger partial charge in [-0.1, -0.05) is 23.7 Å². The van der Waals surface area contributed by atoms with E-state index in [1.807, 2.05) is 36.8 Å². The molecule has 3 rings (SSSR count). The maximum Gasteiger partial charge on any atom is 0.230 e. The summed E-state index contributed by atoms with van der Waals surface area (Å²) in [6, 6.07) is 7.66. The standard InChI is InChI=1S/C17H20ClN3O/c18-15-5-3-4-14(12-15)17(6-7-17)16(22)20-8-1-2-10-21-11-9-19-13-21/h3-5,9,11-13H,1-2,6-8,10H2,(H,20,22). The lowest BCUT2D eigenvalue weighted by molar-refractivity contribution is -0.123. The van der Waals surface area contributed by atoms with Gasteiger partial charge in [-0.05, 0) is 43.4 Å². The molecule has 0 aliphatic heterocycles.